The SMILES string of the molecule is CCc1ccnc(NC(=O)c2ccc(-c3nc(C4CC5(C4)CN(C(=O)OC(C)(C)C)C5)[nH]c3C(C)=O)cc2)c1.CCc1ccnc(NC(=O)c2ccc(-c3nc(C4CC5(C4)CN(C(=O)OC(C)(C)C)C5)n(N)c3C(C)=O)cc2)c1.NOP(=O)(c1ccccc1)c1ccccc1. The van der Waals surface area contributed by atoms with Crippen LogP contribution in [0.4, 0.5) is 21.2 Å². The Morgan fingerprint density at radius 2 is 1.01 bits per heavy atom. The van der Waals surface area contributed by atoms with Gasteiger partial charge in [-0.15, -0.1) is 0 Å². The molecule has 496 valence electrons. The van der Waals surface area contributed by atoms with E-state index in [4.69, 9.17) is 35.8 Å². The van der Waals surface area contributed by atoms with Gasteiger partial charge in [0.15, 0.2) is 11.6 Å². The van der Waals surface area contributed by atoms with Crippen LogP contribution in [0.3, 0.4) is 0 Å². The van der Waals surface area contributed by atoms with Crippen LogP contribution in [0.5, 0.6) is 0 Å². The highest BCUT2D eigenvalue weighted by atomic mass is 31.2. The lowest BCUT2D eigenvalue weighted by Gasteiger charge is -2.58. The molecule has 12 rings (SSSR count). The normalized spacial score (nSPS) is 16.1. The van der Waals surface area contributed by atoms with Gasteiger partial charge < -0.3 is 40.7 Å². The van der Waals surface area contributed by atoms with Gasteiger partial charge in [0, 0.05) is 108 Å². The molecule has 6 heterocycles. The minimum Gasteiger partial charge on any atom is -0.444 e. The molecule has 23 heteroatoms. The summed E-state index contributed by atoms with van der Waals surface area (Å²) in [6.45, 7) is 20.9. The van der Waals surface area contributed by atoms with Gasteiger partial charge in [-0.3, -0.25) is 23.7 Å². The number of likely N-dealkylation sites (tertiary alicyclic amines) is 2. The van der Waals surface area contributed by atoms with Crippen LogP contribution in [0.1, 0.15) is 171 Å². The van der Waals surface area contributed by atoms with Gasteiger partial charge in [0.2, 0.25) is 0 Å². The Hall–Kier alpha value is -9.63. The van der Waals surface area contributed by atoms with Crippen LogP contribution < -0.4 is 33.0 Å². The standard InChI is InChI=1S/C30H36N6O4.C30H35N5O4.C12H12NO2P/c1-6-19-11-12-32-23(13-19)33-27(38)21-9-7-20(8-10-21)24-25(18(2)37)36(31)26(34-24)22-14-30(15-22)16-35(17-30)28(39)40-29(3,4)5;1-6-19-11-12-31-23(13-19)32-27(37)21-9-7-20(8-10-21)25-24(18(2)36)33-26(34-25)22-14-30(15-22)16-35(17-30)28(38)39-29(3,4)5;13-15-16(14,11-7-3-1-4-8-11)12-9-5-2-6-10-12/h7-13,22H,6,14-17,31H2,1-5H3,(H,32,33,38);7-13,22H,6,14-17H2,1-5H3,(H,33,34)(H,31,32,37);1-10H,13H2. The first-order valence-corrected chi connectivity index (χ1v) is 33.5. The van der Waals surface area contributed by atoms with Crippen LogP contribution in [0.2, 0.25) is 0 Å². The summed E-state index contributed by atoms with van der Waals surface area (Å²) in [6.07, 6.45) is 8.00. The maximum absolute atomic E-state index is 12.8. The Morgan fingerprint density at radius 3 is 1.40 bits per heavy atom. The minimum absolute atomic E-state index is 0.0462. The number of hydrogen-bond donors (Lipinski definition) is 5. The quantitative estimate of drug-likeness (QED) is 0.0276. The second-order valence-electron chi connectivity index (χ2n) is 27.1. The van der Waals surface area contributed by atoms with Crippen molar-refractivity contribution in [2.24, 2.45) is 16.7 Å². The van der Waals surface area contributed by atoms with Crippen molar-refractivity contribution in [3.63, 3.8) is 0 Å². The molecule has 0 atom stereocenters. The van der Waals surface area contributed by atoms with Crippen molar-refractivity contribution in [1.82, 2.24) is 39.4 Å². The topological polar surface area (TPSA) is 302 Å². The molecule has 4 aromatic heterocycles. The molecular formula is C72H83N12O10P. The number of carbonyl (C=O) groups is 6. The number of aryl methyl sites for hydroxylation is 2. The van der Waals surface area contributed by atoms with E-state index in [2.05, 4.69) is 25.6 Å². The van der Waals surface area contributed by atoms with E-state index >= 15 is 0 Å². The Bertz CT molecular complexity index is 4130. The monoisotopic (exact) mass is 1310 g/mol. The predicted molar refractivity (Wildman–Crippen MR) is 364 cm³/mol. The van der Waals surface area contributed by atoms with Crippen molar-refractivity contribution in [3.05, 3.63) is 191 Å². The number of hydrogen-bond acceptors (Lipinski definition) is 16. The zero-order valence-corrected chi connectivity index (χ0v) is 56.3. The van der Waals surface area contributed by atoms with Crippen molar-refractivity contribution in [3.8, 4) is 22.5 Å². The number of ether oxygens (including phenoxy) is 2. The van der Waals surface area contributed by atoms with E-state index in [1.165, 1.54) is 18.5 Å². The molecule has 0 unspecified atom stereocenters. The number of nitrogen functional groups attached to an aromatic ring is 1. The van der Waals surface area contributed by atoms with Crippen LogP contribution in [0, 0.1) is 10.8 Å². The number of Topliss-reactive ketones (excluding diaryl/α,β-unsaturated/α-hetero) is 2. The fourth-order valence-electron chi connectivity index (χ4n) is 12.6. The van der Waals surface area contributed by atoms with E-state index in [0.717, 1.165) is 61.0 Å². The fraction of sp³-hybridized carbons (Fsp3) is 0.361. The molecule has 4 aliphatic rings. The van der Waals surface area contributed by atoms with E-state index in [1.807, 2.05) is 128 Å². The summed E-state index contributed by atoms with van der Waals surface area (Å²) in [5.74, 6) is 13.6. The Labute approximate surface area is 553 Å². The Kier molecular flexibility index (Phi) is 19.9. The maximum Gasteiger partial charge on any atom is 0.410 e. The van der Waals surface area contributed by atoms with E-state index in [0.29, 0.717) is 93.7 Å². The number of aromatic nitrogens is 6. The molecule has 4 amide bonds. The smallest absolute Gasteiger partial charge is 0.410 e. The number of benzene rings is 4. The third-order valence-corrected chi connectivity index (χ3v) is 19.6. The van der Waals surface area contributed by atoms with Crippen LogP contribution in [-0.2, 0) is 31.5 Å². The first-order valence-electron chi connectivity index (χ1n) is 31.9. The highest BCUT2D eigenvalue weighted by molar-refractivity contribution is 7.74. The van der Waals surface area contributed by atoms with Crippen molar-refractivity contribution in [2.75, 3.05) is 42.7 Å². The summed E-state index contributed by atoms with van der Waals surface area (Å²) in [5.41, 5.74) is 5.60. The zero-order chi connectivity index (χ0) is 68.2. The molecule has 95 heavy (non-hydrogen) atoms. The molecule has 7 N–H and O–H groups in total. The van der Waals surface area contributed by atoms with E-state index in [1.54, 1.807) is 82.9 Å². The molecule has 0 radical (unpaired) electrons. The molecule has 2 spiro atoms. The second kappa shape index (κ2) is 27.7. The summed E-state index contributed by atoms with van der Waals surface area (Å²) >= 11 is 0. The predicted octanol–water partition coefficient (Wildman–Crippen LogP) is 12.2. The van der Waals surface area contributed by atoms with Crippen LogP contribution in [0.25, 0.3) is 22.5 Å². The molecule has 2 aliphatic carbocycles. The number of anilines is 2. The summed E-state index contributed by atoms with van der Waals surface area (Å²) in [4.78, 5) is 100. The van der Waals surface area contributed by atoms with Gasteiger partial charge in [-0.1, -0.05) is 74.5 Å². The lowest BCUT2D eigenvalue weighted by molar-refractivity contribution is -0.0800. The van der Waals surface area contributed by atoms with Crippen molar-refractivity contribution in [1.29, 1.82) is 0 Å². The number of rotatable bonds is 15. The summed E-state index contributed by atoms with van der Waals surface area (Å²) in [6, 6.07) is 39.5. The number of carbonyl (C=O) groups excluding carboxylic acids is 6. The van der Waals surface area contributed by atoms with Crippen LogP contribution in [-0.4, -0.2) is 112 Å². The molecule has 8 aromatic rings. The molecule has 2 aliphatic heterocycles. The van der Waals surface area contributed by atoms with Gasteiger partial charge in [0.05, 0.1) is 5.69 Å². The highest BCUT2D eigenvalue weighted by Crippen LogP contribution is 2.57. The molecule has 4 aromatic carbocycles. The summed E-state index contributed by atoms with van der Waals surface area (Å²) < 4.78 is 29.8. The minimum atomic E-state index is -3.13. The van der Waals surface area contributed by atoms with Gasteiger partial charge in [-0.25, -0.2) is 44.7 Å². The average Bonchev–Trinajstić information content (AvgIpc) is 1.69. The lowest BCUT2D eigenvalue weighted by atomic mass is 9.57. The number of aromatic amines is 1. The largest absolute Gasteiger partial charge is 0.444 e. The fourth-order valence-corrected chi connectivity index (χ4v) is 14.3. The highest BCUT2D eigenvalue weighted by Gasteiger charge is 2.57. The van der Waals surface area contributed by atoms with Crippen molar-refractivity contribution >= 4 is 65.2 Å². The third-order valence-electron chi connectivity index (χ3n) is 17.4. The molecule has 2 saturated carbocycles. The van der Waals surface area contributed by atoms with E-state index < -0.39 is 18.6 Å². The Balaban J connectivity index is 0.000000169. The van der Waals surface area contributed by atoms with Gasteiger partial charge in [0.1, 0.15) is 51.6 Å². The Morgan fingerprint density at radius 1 is 0.589 bits per heavy atom. The number of imidazole rings is 2. The lowest BCUT2D eigenvalue weighted by Crippen LogP contribution is -2.64. The van der Waals surface area contributed by atoms with Gasteiger partial charge in [0.25, 0.3) is 19.2 Å². The zero-order valence-electron chi connectivity index (χ0n) is 55.4. The number of amides is 4. The second-order valence-corrected chi connectivity index (χ2v) is 29.4. The first kappa shape index (κ1) is 68.2. The molecule has 0 bridgehead atoms. The number of H-pyrrole nitrogens is 1. The molecule has 4 fully saturated rings. The van der Waals surface area contributed by atoms with Crippen molar-refractivity contribution < 1.29 is 47.4 Å². The van der Waals surface area contributed by atoms with Crippen LogP contribution >= 0.6 is 7.37 Å². The number of nitrogens with one attached hydrogen (secondary N) is 3. The molecule has 2 saturated heterocycles. The number of ketones is 2. The number of nitrogens with two attached hydrogens (primary N) is 2. The van der Waals surface area contributed by atoms with Crippen molar-refractivity contribution in [2.45, 2.75) is 131 Å². The molecule has 22 nitrogen and oxygen atoms in total. The van der Waals surface area contributed by atoms with Gasteiger partial charge >= 0.3 is 12.2 Å². The number of pyridine rings is 2. The first-order chi connectivity index (χ1) is 45.1. The van der Waals surface area contributed by atoms with E-state index in [-0.39, 0.29) is 58.2 Å². The summed E-state index contributed by atoms with van der Waals surface area (Å²) in [7, 11) is -3.13. The number of nitrogens with zero attached hydrogens (tertiary/aromatic N) is 7. The van der Waals surface area contributed by atoms with Crippen LogP contribution in [0.15, 0.2) is 146 Å². The third kappa shape index (κ3) is 15.6. The maximum atomic E-state index is 12.8. The van der Waals surface area contributed by atoms with Gasteiger partial charge in [-0.2, -0.15) is 0 Å². The van der Waals surface area contributed by atoms with E-state index in [9.17, 15) is 33.3 Å². The summed E-state index contributed by atoms with van der Waals surface area (Å²) in [5, 5.41) is 6.87. The van der Waals surface area contributed by atoms with Gasteiger partial charge in [-0.05, 0) is 164 Å². The average molecular weight is 1310 g/mol. The molecular weight excluding hydrogens is 1220 g/mol.